The number of likely N-dealkylation sites (tertiary alicyclic amines) is 1. The number of para-hydroxylation sites is 1. The zero-order chi connectivity index (χ0) is 24.7. The van der Waals surface area contributed by atoms with Gasteiger partial charge >= 0.3 is 0 Å². The molecule has 188 valence electrons. The number of anilines is 1. The number of halogens is 1. The van der Waals surface area contributed by atoms with E-state index in [0.29, 0.717) is 24.7 Å². The number of benzene rings is 2. The lowest BCUT2D eigenvalue weighted by Gasteiger charge is -2.36. The van der Waals surface area contributed by atoms with Gasteiger partial charge in [-0.1, -0.05) is 60.2 Å². The summed E-state index contributed by atoms with van der Waals surface area (Å²) >= 11 is 6.33. The van der Waals surface area contributed by atoms with E-state index in [1.165, 1.54) is 5.69 Å². The van der Waals surface area contributed by atoms with Gasteiger partial charge in [0.15, 0.2) is 0 Å². The average molecular weight is 507 g/mol. The number of nitrogens with one attached hydrogen (secondary N) is 1. The molecular formula is C28H31ClN4O3. The third-order valence-corrected chi connectivity index (χ3v) is 8.39. The van der Waals surface area contributed by atoms with Crippen molar-refractivity contribution in [1.29, 1.82) is 0 Å². The maximum absolute atomic E-state index is 13.4. The van der Waals surface area contributed by atoms with Gasteiger partial charge in [-0.2, -0.15) is 0 Å². The van der Waals surface area contributed by atoms with Crippen molar-refractivity contribution in [3.05, 3.63) is 77.3 Å². The van der Waals surface area contributed by atoms with Crippen molar-refractivity contribution < 1.29 is 14.3 Å². The van der Waals surface area contributed by atoms with Crippen LogP contribution in [0.5, 0.6) is 0 Å². The fourth-order valence-corrected chi connectivity index (χ4v) is 6.36. The molecule has 1 N–H and O–H groups in total. The van der Waals surface area contributed by atoms with E-state index in [-0.39, 0.29) is 17.9 Å². The highest BCUT2D eigenvalue weighted by atomic mass is 35.5. The fourth-order valence-electron chi connectivity index (χ4n) is 6.17. The van der Waals surface area contributed by atoms with Crippen molar-refractivity contribution in [3.8, 4) is 0 Å². The van der Waals surface area contributed by atoms with Crippen LogP contribution in [-0.2, 0) is 20.9 Å². The second kappa shape index (κ2) is 9.54. The Morgan fingerprint density at radius 3 is 2.58 bits per heavy atom. The Morgan fingerprint density at radius 1 is 1.06 bits per heavy atom. The first-order chi connectivity index (χ1) is 17.5. The number of carbonyl (C=O) groups excluding carboxylic acids is 2. The van der Waals surface area contributed by atoms with Gasteiger partial charge in [-0.25, -0.2) is 0 Å². The van der Waals surface area contributed by atoms with Gasteiger partial charge in [-0.15, -0.1) is 0 Å². The lowest BCUT2D eigenvalue weighted by Crippen LogP contribution is -2.50. The molecule has 2 bridgehead atoms. The molecule has 8 heteroatoms. The number of ether oxygens (including phenoxy) is 1. The first-order valence-electron chi connectivity index (χ1n) is 12.7. The van der Waals surface area contributed by atoms with Crippen molar-refractivity contribution in [2.45, 2.75) is 18.2 Å². The summed E-state index contributed by atoms with van der Waals surface area (Å²) in [4.78, 5) is 33.3. The highest BCUT2D eigenvalue weighted by Gasteiger charge is 2.66. The molecule has 4 aliphatic heterocycles. The Hall–Kier alpha value is -2.87. The monoisotopic (exact) mass is 506 g/mol. The SMILES string of the molecule is O=C(NCCN1CCN(c2ccccc2)CC1)C1[C@@H]2C=CC3(CN(Cc4ccccc4Cl)C(=O)[C@H]13)O2. The predicted molar refractivity (Wildman–Crippen MR) is 139 cm³/mol. The summed E-state index contributed by atoms with van der Waals surface area (Å²) in [6, 6.07) is 18.0. The second-order valence-electron chi connectivity index (χ2n) is 10.1. The van der Waals surface area contributed by atoms with Gasteiger partial charge in [0.25, 0.3) is 0 Å². The largest absolute Gasteiger partial charge is 0.369 e. The molecule has 0 aliphatic carbocycles. The molecule has 2 amide bonds. The maximum atomic E-state index is 13.4. The molecule has 2 unspecified atom stereocenters. The highest BCUT2D eigenvalue weighted by molar-refractivity contribution is 6.31. The fraction of sp³-hybridized carbons (Fsp3) is 0.429. The van der Waals surface area contributed by atoms with Gasteiger partial charge in [0, 0.05) is 56.5 Å². The van der Waals surface area contributed by atoms with E-state index in [0.717, 1.165) is 38.3 Å². The summed E-state index contributed by atoms with van der Waals surface area (Å²) in [7, 11) is 0. The van der Waals surface area contributed by atoms with E-state index in [9.17, 15) is 9.59 Å². The first-order valence-corrected chi connectivity index (χ1v) is 13.1. The lowest BCUT2D eigenvalue weighted by molar-refractivity contribution is -0.137. The smallest absolute Gasteiger partial charge is 0.230 e. The van der Waals surface area contributed by atoms with E-state index in [1.54, 1.807) is 4.90 Å². The number of hydrogen-bond acceptors (Lipinski definition) is 5. The van der Waals surface area contributed by atoms with Crippen molar-refractivity contribution in [2.75, 3.05) is 50.7 Å². The molecule has 4 atom stereocenters. The summed E-state index contributed by atoms with van der Waals surface area (Å²) in [5.41, 5.74) is 1.45. The molecule has 0 aromatic heterocycles. The molecule has 4 heterocycles. The standard InChI is InChI=1S/C28H31ClN4O3/c29-22-9-5-4-6-20(22)18-33-19-28-11-10-23(36-28)24(25(28)27(33)35)26(34)30-12-13-31-14-16-32(17-15-31)21-7-2-1-3-8-21/h1-11,23-25H,12-19H2,(H,30,34)/t23-,24?,25-,28?/m0/s1. The lowest BCUT2D eigenvalue weighted by atomic mass is 9.77. The molecule has 6 rings (SSSR count). The number of fused-ring (bicyclic) bond motifs is 1. The van der Waals surface area contributed by atoms with Gasteiger partial charge in [-0.3, -0.25) is 14.5 Å². The van der Waals surface area contributed by atoms with Crippen molar-refractivity contribution in [3.63, 3.8) is 0 Å². The van der Waals surface area contributed by atoms with Crippen molar-refractivity contribution in [1.82, 2.24) is 15.1 Å². The Balaban J connectivity index is 1.03. The molecule has 0 saturated carbocycles. The Kier molecular flexibility index (Phi) is 6.23. The van der Waals surface area contributed by atoms with Gasteiger partial charge < -0.3 is 19.9 Å². The Labute approximate surface area is 216 Å². The summed E-state index contributed by atoms with van der Waals surface area (Å²) in [6.07, 6.45) is 3.61. The molecule has 3 saturated heterocycles. The van der Waals surface area contributed by atoms with Gasteiger partial charge in [0.2, 0.25) is 11.8 Å². The van der Waals surface area contributed by atoms with E-state index in [4.69, 9.17) is 16.3 Å². The second-order valence-corrected chi connectivity index (χ2v) is 10.5. The minimum Gasteiger partial charge on any atom is -0.369 e. The van der Waals surface area contributed by atoms with E-state index in [1.807, 2.05) is 42.5 Å². The quantitative estimate of drug-likeness (QED) is 0.585. The Morgan fingerprint density at radius 2 is 1.81 bits per heavy atom. The first kappa shape index (κ1) is 23.5. The van der Waals surface area contributed by atoms with Crippen molar-refractivity contribution >= 4 is 29.1 Å². The van der Waals surface area contributed by atoms with Crippen LogP contribution in [-0.4, -0.2) is 79.1 Å². The summed E-state index contributed by atoms with van der Waals surface area (Å²) in [6.45, 7) is 6.10. The van der Waals surface area contributed by atoms with Crippen LogP contribution in [0.1, 0.15) is 5.56 Å². The van der Waals surface area contributed by atoms with Crippen molar-refractivity contribution in [2.24, 2.45) is 11.8 Å². The minimum absolute atomic E-state index is 0.0287. The molecule has 1 spiro atoms. The summed E-state index contributed by atoms with van der Waals surface area (Å²) in [5.74, 6) is -1.09. The van der Waals surface area contributed by atoms with E-state index >= 15 is 0 Å². The van der Waals surface area contributed by atoms with Crippen LogP contribution in [0.15, 0.2) is 66.7 Å². The van der Waals surface area contributed by atoms with Crippen LogP contribution in [0.25, 0.3) is 0 Å². The molecule has 2 aromatic carbocycles. The van der Waals surface area contributed by atoms with Crippen LogP contribution < -0.4 is 10.2 Å². The zero-order valence-electron chi connectivity index (χ0n) is 20.2. The molecular weight excluding hydrogens is 476 g/mol. The average Bonchev–Trinajstić information content (AvgIpc) is 3.54. The molecule has 4 aliphatic rings. The van der Waals surface area contributed by atoms with Crippen LogP contribution in [0, 0.1) is 11.8 Å². The number of carbonyl (C=O) groups is 2. The minimum atomic E-state index is -0.710. The Bertz CT molecular complexity index is 1170. The van der Waals surface area contributed by atoms with Gasteiger partial charge in [0.1, 0.15) is 5.60 Å². The van der Waals surface area contributed by atoms with Gasteiger partial charge in [0.05, 0.1) is 24.5 Å². The predicted octanol–water partition coefficient (Wildman–Crippen LogP) is 2.56. The highest BCUT2D eigenvalue weighted by Crippen LogP contribution is 2.52. The normalized spacial score (nSPS) is 29.1. The molecule has 0 radical (unpaired) electrons. The van der Waals surface area contributed by atoms with Crippen LogP contribution in [0.3, 0.4) is 0 Å². The maximum Gasteiger partial charge on any atom is 0.230 e. The molecule has 3 fully saturated rings. The van der Waals surface area contributed by atoms with Crippen LogP contribution in [0.2, 0.25) is 5.02 Å². The number of piperazine rings is 1. The van der Waals surface area contributed by atoms with Crippen LogP contribution >= 0.6 is 11.6 Å². The molecule has 2 aromatic rings. The zero-order valence-corrected chi connectivity index (χ0v) is 20.9. The van der Waals surface area contributed by atoms with Gasteiger partial charge in [-0.05, 0) is 23.8 Å². The van der Waals surface area contributed by atoms with E-state index < -0.39 is 17.4 Å². The molecule has 36 heavy (non-hydrogen) atoms. The van der Waals surface area contributed by atoms with E-state index in [2.05, 4.69) is 39.4 Å². The molecule has 7 nitrogen and oxygen atoms in total. The summed E-state index contributed by atoms with van der Waals surface area (Å²) in [5, 5.41) is 3.74. The third-order valence-electron chi connectivity index (χ3n) is 8.02. The third kappa shape index (κ3) is 4.19. The number of rotatable bonds is 7. The summed E-state index contributed by atoms with van der Waals surface area (Å²) < 4.78 is 6.25. The number of amides is 2. The topological polar surface area (TPSA) is 65.1 Å². The number of hydrogen-bond donors (Lipinski definition) is 1. The van der Waals surface area contributed by atoms with Crippen LogP contribution in [0.4, 0.5) is 5.69 Å². The number of nitrogens with zero attached hydrogens (tertiary/aromatic N) is 3.